The topological polar surface area (TPSA) is 108 Å². The van der Waals surface area contributed by atoms with Crippen LogP contribution in [-0.4, -0.2) is 24.7 Å². The van der Waals surface area contributed by atoms with E-state index in [9.17, 15) is 4.79 Å². The van der Waals surface area contributed by atoms with E-state index in [0.29, 0.717) is 12.2 Å². The summed E-state index contributed by atoms with van der Waals surface area (Å²) in [5, 5.41) is 12.5. The van der Waals surface area contributed by atoms with E-state index in [1.165, 1.54) is 4.68 Å². The van der Waals surface area contributed by atoms with Crippen LogP contribution in [0, 0.1) is 4.84 Å². The maximum atomic E-state index is 12.0. The molecule has 0 radical (unpaired) electrons. The van der Waals surface area contributed by atoms with Crippen molar-refractivity contribution in [1.82, 2.24) is 24.7 Å². The molecule has 0 aliphatic carbocycles. The quantitative estimate of drug-likeness (QED) is 0.537. The highest BCUT2D eigenvalue weighted by atomic mass is 32.1. The van der Waals surface area contributed by atoms with E-state index in [4.69, 9.17) is 22.5 Å². The standard InChI is InChI=1S/C10H10N6O2S2/c11-16-7(4-6-2-1-3-20-6)14-15(10(16)17)5-8-12-13-9(19)18-8/h1-3H,4-5,11H2,(H,13,19). The number of hydrogen-bond acceptors (Lipinski definition) is 7. The third-order valence-corrected chi connectivity index (χ3v) is 3.67. The first-order valence-electron chi connectivity index (χ1n) is 5.64. The van der Waals surface area contributed by atoms with Crippen LogP contribution in [0.15, 0.2) is 26.7 Å². The first-order chi connectivity index (χ1) is 9.63. The van der Waals surface area contributed by atoms with Crippen molar-refractivity contribution in [2.24, 2.45) is 0 Å². The van der Waals surface area contributed by atoms with Gasteiger partial charge in [0.15, 0.2) is 5.82 Å². The molecule has 0 unspecified atom stereocenters. The van der Waals surface area contributed by atoms with Gasteiger partial charge in [0.05, 0.1) is 0 Å². The third kappa shape index (κ3) is 2.42. The van der Waals surface area contributed by atoms with Crippen molar-refractivity contribution in [3.05, 3.63) is 49.4 Å². The lowest BCUT2D eigenvalue weighted by atomic mass is 10.3. The average molecular weight is 310 g/mol. The fourth-order valence-corrected chi connectivity index (χ4v) is 2.56. The highest BCUT2D eigenvalue weighted by Gasteiger charge is 2.14. The molecule has 0 spiro atoms. The van der Waals surface area contributed by atoms with Crippen LogP contribution < -0.4 is 11.5 Å². The SMILES string of the molecule is Nn1c(Cc2cccs2)nn(Cc2n[nH]c(=S)o2)c1=O. The monoisotopic (exact) mass is 310 g/mol. The summed E-state index contributed by atoms with van der Waals surface area (Å²) in [7, 11) is 0. The minimum atomic E-state index is -0.430. The Bertz CT molecular complexity index is 825. The summed E-state index contributed by atoms with van der Waals surface area (Å²) in [5.74, 6) is 6.48. The molecule has 104 valence electrons. The highest BCUT2D eigenvalue weighted by Crippen LogP contribution is 2.12. The summed E-state index contributed by atoms with van der Waals surface area (Å²) in [6.45, 7) is 0.0770. The van der Waals surface area contributed by atoms with Gasteiger partial charge in [-0.1, -0.05) is 6.07 Å². The van der Waals surface area contributed by atoms with Crippen LogP contribution in [0.4, 0.5) is 0 Å². The minimum absolute atomic E-state index is 0.0770. The number of hydrogen-bond donors (Lipinski definition) is 2. The van der Waals surface area contributed by atoms with Crippen molar-refractivity contribution in [3.63, 3.8) is 0 Å². The van der Waals surface area contributed by atoms with E-state index < -0.39 is 5.69 Å². The molecule has 0 saturated heterocycles. The Morgan fingerprint density at radius 1 is 1.55 bits per heavy atom. The molecule has 20 heavy (non-hydrogen) atoms. The van der Waals surface area contributed by atoms with Gasteiger partial charge in [0.2, 0.25) is 5.89 Å². The Labute approximate surface area is 121 Å². The molecular formula is C10H10N6O2S2. The predicted molar refractivity (Wildman–Crippen MR) is 74.6 cm³/mol. The molecular weight excluding hydrogens is 300 g/mol. The summed E-state index contributed by atoms with van der Waals surface area (Å²) < 4.78 is 7.32. The number of aromatic nitrogens is 5. The molecule has 3 heterocycles. The highest BCUT2D eigenvalue weighted by molar-refractivity contribution is 7.71. The molecule has 0 atom stereocenters. The van der Waals surface area contributed by atoms with Gasteiger partial charge in [0.25, 0.3) is 4.84 Å². The van der Waals surface area contributed by atoms with Gasteiger partial charge in [-0.2, -0.15) is 9.77 Å². The zero-order valence-electron chi connectivity index (χ0n) is 10.1. The molecule has 0 amide bonds. The predicted octanol–water partition coefficient (Wildman–Crippen LogP) is 0.505. The number of nitrogen functional groups attached to an aromatic ring is 1. The Morgan fingerprint density at radius 3 is 3.05 bits per heavy atom. The van der Waals surface area contributed by atoms with Crippen molar-refractivity contribution in [3.8, 4) is 0 Å². The van der Waals surface area contributed by atoms with E-state index in [1.807, 2.05) is 17.5 Å². The van der Waals surface area contributed by atoms with Gasteiger partial charge in [-0.15, -0.1) is 16.4 Å². The second-order valence-corrected chi connectivity index (χ2v) is 5.39. The number of thiophene rings is 1. The molecule has 3 aromatic rings. The second-order valence-electron chi connectivity index (χ2n) is 3.99. The Hall–Kier alpha value is -2.20. The van der Waals surface area contributed by atoms with Crippen LogP contribution in [0.2, 0.25) is 0 Å². The maximum Gasteiger partial charge on any atom is 0.365 e. The van der Waals surface area contributed by atoms with Crippen LogP contribution >= 0.6 is 23.6 Å². The van der Waals surface area contributed by atoms with Crippen LogP contribution in [-0.2, 0) is 13.0 Å². The van der Waals surface area contributed by atoms with Crippen molar-refractivity contribution < 1.29 is 4.42 Å². The Morgan fingerprint density at radius 2 is 2.40 bits per heavy atom. The lowest BCUT2D eigenvalue weighted by molar-refractivity contribution is 0.449. The van der Waals surface area contributed by atoms with E-state index in [2.05, 4.69) is 15.3 Å². The molecule has 0 saturated carbocycles. The summed E-state index contributed by atoms with van der Waals surface area (Å²) in [6.07, 6.45) is 0.500. The zero-order chi connectivity index (χ0) is 14.1. The molecule has 8 nitrogen and oxygen atoms in total. The smallest absolute Gasteiger partial charge is 0.365 e. The van der Waals surface area contributed by atoms with Crippen LogP contribution in [0.25, 0.3) is 0 Å². The first kappa shape index (κ1) is 12.8. The maximum absolute atomic E-state index is 12.0. The molecule has 3 aromatic heterocycles. The lowest BCUT2D eigenvalue weighted by Crippen LogP contribution is -2.31. The number of nitrogens with two attached hydrogens (primary N) is 1. The molecule has 0 aromatic carbocycles. The molecule has 3 N–H and O–H groups in total. The number of rotatable bonds is 4. The van der Waals surface area contributed by atoms with Gasteiger partial charge in [0.1, 0.15) is 6.54 Å². The average Bonchev–Trinajstić information content (AvgIpc) is 3.11. The van der Waals surface area contributed by atoms with Gasteiger partial charge < -0.3 is 10.3 Å². The number of nitrogens with one attached hydrogen (secondary N) is 1. The Balaban J connectivity index is 1.89. The van der Waals surface area contributed by atoms with E-state index in [1.54, 1.807) is 11.3 Å². The van der Waals surface area contributed by atoms with Gasteiger partial charge >= 0.3 is 5.69 Å². The summed E-state index contributed by atoms with van der Waals surface area (Å²) in [6, 6.07) is 3.89. The van der Waals surface area contributed by atoms with Crippen molar-refractivity contribution >= 4 is 23.6 Å². The molecule has 0 bridgehead atoms. The van der Waals surface area contributed by atoms with Crippen molar-refractivity contribution in [2.75, 3.05) is 5.84 Å². The van der Waals surface area contributed by atoms with Crippen LogP contribution in [0.5, 0.6) is 0 Å². The van der Waals surface area contributed by atoms with Gasteiger partial charge in [-0.25, -0.2) is 14.6 Å². The van der Waals surface area contributed by atoms with Crippen molar-refractivity contribution in [1.29, 1.82) is 0 Å². The number of aromatic amines is 1. The van der Waals surface area contributed by atoms with Gasteiger partial charge in [-0.3, -0.25) is 0 Å². The Kier molecular flexibility index (Phi) is 3.24. The largest absolute Gasteiger partial charge is 0.412 e. The van der Waals surface area contributed by atoms with Crippen LogP contribution in [0.1, 0.15) is 16.6 Å². The number of H-pyrrole nitrogens is 1. The fourth-order valence-electron chi connectivity index (χ4n) is 1.71. The molecule has 3 rings (SSSR count). The number of nitrogens with zero attached hydrogens (tertiary/aromatic N) is 4. The van der Waals surface area contributed by atoms with E-state index in [0.717, 1.165) is 9.55 Å². The summed E-state index contributed by atoms with van der Waals surface area (Å²) in [5.41, 5.74) is -0.430. The minimum Gasteiger partial charge on any atom is -0.412 e. The third-order valence-electron chi connectivity index (χ3n) is 2.62. The summed E-state index contributed by atoms with van der Waals surface area (Å²) >= 11 is 6.35. The molecule has 0 aliphatic heterocycles. The first-order valence-corrected chi connectivity index (χ1v) is 6.93. The molecule has 10 heteroatoms. The van der Waals surface area contributed by atoms with E-state index in [-0.39, 0.29) is 17.3 Å². The zero-order valence-corrected chi connectivity index (χ0v) is 11.8. The lowest BCUT2D eigenvalue weighted by Gasteiger charge is -1.95. The van der Waals surface area contributed by atoms with Crippen molar-refractivity contribution in [2.45, 2.75) is 13.0 Å². The van der Waals surface area contributed by atoms with Crippen LogP contribution in [0.3, 0.4) is 0 Å². The normalized spacial score (nSPS) is 11.0. The summed E-state index contributed by atoms with van der Waals surface area (Å²) in [4.78, 5) is 13.2. The van der Waals surface area contributed by atoms with E-state index >= 15 is 0 Å². The fraction of sp³-hybridized carbons (Fsp3) is 0.200. The van der Waals surface area contributed by atoms with Gasteiger partial charge in [-0.05, 0) is 23.7 Å². The van der Waals surface area contributed by atoms with Gasteiger partial charge in [0, 0.05) is 11.3 Å². The molecule has 0 aliphatic rings. The second kappa shape index (κ2) is 5.06. The molecule has 0 fully saturated rings.